The van der Waals surface area contributed by atoms with Crippen LogP contribution in [-0.2, 0) is 14.3 Å². The Balaban J connectivity index is 1.99. The van der Waals surface area contributed by atoms with Crippen LogP contribution in [0.15, 0.2) is 53.4 Å². The van der Waals surface area contributed by atoms with Gasteiger partial charge in [-0.25, -0.2) is 0 Å². The van der Waals surface area contributed by atoms with Gasteiger partial charge in [0.15, 0.2) is 6.61 Å². The summed E-state index contributed by atoms with van der Waals surface area (Å²) in [6.45, 7) is 3.56. The van der Waals surface area contributed by atoms with Crippen LogP contribution in [0, 0.1) is 5.92 Å². The molecule has 0 spiro atoms. The van der Waals surface area contributed by atoms with Crippen LogP contribution in [0.5, 0.6) is 0 Å². The van der Waals surface area contributed by atoms with Crippen molar-refractivity contribution >= 4 is 40.9 Å². The Morgan fingerprint density at radius 2 is 1.77 bits per heavy atom. The lowest BCUT2D eigenvalue weighted by Gasteiger charge is -2.20. The van der Waals surface area contributed by atoms with Crippen molar-refractivity contribution in [1.29, 1.82) is 0 Å². The molecule has 1 N–H and O–H groups in total. The SMILES string of the molecule is CSc1ccccc1NC(=O)COC(=O)[C@@H](c1ccc(Cl)cc1)C(C)C. The number of hydrogen-bond donors (Lipinski definition) is 1. The van der Waals surface area contributed by atoms with E-state index in [1.807, 2.05) is 56.5 Å². The Hall–Kier alpha value is -1.98. The molecule has 0 fully saturated rings. The summed E-state index contributed by atoms with van der Waals surface area (Å²) in [4.78, 5) is 25.6. The Morgan fingerprint density at radius 3 is 2.38 bits per heavy atom. The second kappa shape index (κ2) is 9.64. The fourth-order valence-electron chi connectivity index (χ4n) is 2.62. The molecule has 2 aromatic rings. The van der Waals surface area contributed by atoms with E-state index in [2.05, 4.69) is 5.32 Å². The summed E-state index contributed by atoms with van der Waals surface area (Å²) in [7, 11) is 0. The second-order valence-corrected chi connectivity index (χ2v) is 7.41. The first kappa shape index (κ1) is 20.3. The molecule has 2 aromatic carbocycles. The molecule has 2 rings (SSSR count). The van der Waals surface area contributed by atoms with Crippen molar-refractivity contribution in [2.24, 2.45) is 5.92 Å². The lowest BCUT2D eigenvalue weighted by molar-refractivity contribution is -0.149. The van der Waals surface area contributed by atoms with Crippen LogP contribution >= 0.6 is 23.4 Å². The number of amides is 1. The van der Waals surface area contributed by atoms with Crippen molar-refractivity contribution in [1.82, 2.24) is 0 Å². The smallest absolute Gasteiger partial charge is 0.314 e. The maximum absolute atomic E-state index is 12.5. The van der Waals surface area contributed by atoms with E-state index < -0.39 is 11.9 Å². The monoisotopic (exact) mass is 391 g/mol. The molecule has 0 aliphatic heterocycles. The number of thioether (sulfide) groups is 1. The molecular weight excluding hydrogens is 370 g/mol. The van der Waals surface area contributed by atoms with Crippen LogP contribution in [0.1, 0.15) is 25.3 Å². The molecule has 1 amide bonds. The number of carbonyl (C=O) groups is 2. The molecule has 0 saturated heterocycles. The van der Waals surface area contributed by atoms with Crippen LogP contribution < -0.4 is 5.32 Å². The summed E-state index contributed by atoms with van der Waals surface area (Å²) in [5, 5.41) is 3.39. The van der Waals surface area contributed by atoms with Crippen LogP contribution in [-0.4, -0.2) is 24.7 Å². The standard InChI is InChI=1S/C20H22ClNO3S/c1-13(2)19(14-8-10-15(21)11-9-14)20(24)25-12-18(23)22-16-6-4-5-7-17(16)26-3/h4-11,13,19H,12H2,1-3H3,(H,22,23)/t19-/m1/s1. The lowest BCUT2D eigenvalue weighted by Crippen LogP contribution is -2.26. The van der Waals surface area contributed by atoms with E-state index in [9.17, 15) is 9.59 Å². The Bertz CT molecular complexity index is 762. The number of nitrogens with one attached hydrogen (secondary N) is 1. The number of ether oxygens (including phenoxy) is 1. The fraction of sp³-hybridized carbons (Fsp3) is 0.300. The summed E-state index contributed by atoms with van der Waals surface area (Å²) < 4.78 is 5.27. The van der Waals surface area contributed by atoms with Crippen LogP contribution in [0.3, 0.4) is 0 Å². The minimum Gasteiger partial charge on any atom is -0.455 e. The van der Waals surface area contributed by atoms with Crippen LogP contribution in [0.25, 0.3) is 0 Å². The molecule has 4 nitrogen and oxygen atoms in total. The molecule has 0 saturated carbocycles. The maximum atomic E-state index is 12.5. The van der Waals surface area contributed by atoms with Crippen molar-refractivity contribution < 1.29 is 14.3 Å². The normalized spacial score (nSPS) is 11.9. The van der Waals surface area contributed by atoms with E-state index in [-0.39, 0.29) is 18.4 Å². The van der Waals surface area contributed by atoms with Gasteiger partial charge in [-0.3, -0.25) is 9.59 Å². The predicted molar refractivity (Wildman–Crippen MR) is 107 cm³/mol. The summed E-state index contributed by atoms with van der Waals surface area (Å²) >= 11 is 7.44. The number of carbonyl (C=O) groups excluding carboxylic acids is 2. The molecule has 6 heteroatoms. The highest BCUT2D eigenvalue weighted by atomic mass is 35.5. The summed E-state index contributed by atoms with van der Waals surface area (Å²) in [5.41, 5.74) is 1.53. The van der Waals surface area contributed by atoms with Gasteiger partial charge in [0.2, 0.25) is 0 Å². The van der Waals surface area contributed by atoms with Gasteiger partial charge < -0.3 is 10.1 Å². The summed E-state index contributed by atoms with van der Waals surface area (Å²) in [6, 6.07) is 14.6. The zero-order valence-electron chi connectivity index (χ0n) is 15.0. The van der Waals surface area contributed by atoms with Gasteiger partial charge in [0.1, 0.15) is 0 Å². The van der Waals surface area contributed by atoms with Crippen molar-refractivity contribution in [3.05, 3.63) is 59.1 Å². The molecule has 0 aliphatic rings. The third-order valence-electron chi connectivity index (χ3n) is 3.88. The van der Waals surface area contributed by atoms with E-state index in [4.69, 9.17) is 16.3 Å². The zero-order chi connectivity index (χ0) is 19.1. The molecular formula is C20H22ClNO3S. The van der Waals surface area contributed by atoms with Gasteiger partial charge in [-0.15, -0.1) is 11.8 Å². The van der Waals surface area contributed by atoms with Gasteiger partial charge >= 0.3 is 5.97 Å². The Labute approximate surface area is 163 Å². The molecule has 138 valence electrons. The van der Waals surface area contributed by atoms with Crippen molar-refractivity contribution in [3.63, 3.8) is 0 Å². The molecule has 0 aromatic heterocycles. The minimum absolute atomic E-state index is 0.0314. The van der Waals surface area contributed by atoms with Crippen LogP contribution in [0.2, 0.25) is 5.02 Å². The molecule has 0 unspecified atom stereocenters. The predicted octanol–water partition coefficient (Wildman–Crippen LogP) is 4.98. The number of esters is 1. The first-order valence-electron chi connectivity index (χ1n) is 8.27. The first-order chi connectivity index (χ1) is 12.4. The Morgan fingerprint density at radius 1 is 1.12 bits per heavy atom. The topological polar surface area (TPSA) is 55.4 Å². The van der Waals surface area contributed by atoms with Crippen molar-refractivity contribution in [3.8, 4) is 0 Å². The van der Waals surface area contributed by atoms with Gasteiger partial charge in [0.05, 0.1) is 11.6 Å². The molecule has 0 aliphatic carbocycles. The fourth-order valence-corrected chi connectivity index (χ4v) is 3.30. The average molecular weight is 392 g/mol. The molecule has 26 heavy (non-hydrogen) atoms. The average Bonchev–Trinajstić information content (AvgIpc) is 2.62. The lowest BCUT2D eigenvalue weighted by atomic mass is 9.88. The molecule has 0 radical (unpaired) electrons. The summed E-state index contributed by atoms with van der Waals surface area (Å²) in [5.74, 6) is -1.20. The number of para-hydroxylation sites is 1. The molecule has 0 heterocycles. The van der Waals surface area contributed by atoms with E-state index >= 15 is 0 Å². The van der Waals surface area contributed by atoms with E-state index in [1.54, 1.807) is 12.1 Å². The second-order valence-electron chi connectivity index (χ2n) is 6.13. The molecule has 0 bridgehead atoms. The third kappa shape index (κ3) is 5.51. The zero-order valence-corrected chi connectivity index (χ0v) is 16.6. The first-order valence-corrected chi connectivity index (χ1v) is 9.87. The van der Waals surface area contributed by atoms with Gasteiger partial charge in [-0.05, 0) is 42.0 Å². The van der Waals surface area contributed by atoms with E-state index in [1.165, 1.54) is 11.8 Å². The number of benzene rings is 2. The third-order valence-corrected chi connectivity index (χ3v) is 4.92. The van der Waals surface area contributed by atoms with Gasteiger partial charge in [-0.1, -0.05) is 49.7 Å². The Kier molecular flexibility index (Phi) is 7.54. The van der Waals surface area contributed by atoms with Gasteiger partial charge in [-0.2, -0.15) is 0 Å². The van der Waals surface area contributed by atoms with Crippen molar-refractivity contribution in [2.45, 2.75) is 24.7 Å². The quantitative estimate of drug-likeness (QED) is 0.534. The highest BCUT2D eigenvalue weighted by molar-refractivity contribution is 7.98. The van der Waals surface area contributed by atoms with Gasteiger partial charge in [0.25, 0.3) is 5.91 Å². The largest absolute Gasteiger partial charge is 0.455 e. The highest BCUT2D eigenvalue weighted by Crippen LogP contribution is 2.27. The summed E-state index contributed by atoms with van der Waals surface area (Å²) in [6.07, 6.45) is 1.93. The number of halogens is 1. The number of rotatable bonds is 7. The highest BCUT2D eigenvalue weighted by Gasteiger charge is 2.26. The molecule has 1 atom stereocenters. The van der Waals surface area contributed by atoms with E-state index in [0.29, 0.717) is 10.7 Å². The van der Waals surface area contributed by atoms with Crippen LogP contribution in [0.4, 0.5) is 5.69 Å². The van der Waals surface area contributed by atoms with Crippen molar-refractivity contribution in [2.75, 3.05) is 18.2 Å². The number of anilines is 1. The van der Waals surface area contributed by atoms with Gasteiger partial charge in [0, 0.05) is 9.92 Å². The maximum Gasteiger partial charge on any atom is 0.314 e. The van der Waals surface area contributed by atoms with E-state index in [0.717, 1.165) is 10.5 Å². The minimum atomic E-state index is -0.446. The number of hydrogen-bond acceptors (Lipinski definition) is 4.